The number of ether oxygens (including phenoxy) is 2. The second kappa shape index (κ2) is 3.87. The van der Waals surface area contributed by atoms with Crippen molar-refractivity contribution in [3.63, 3.8) is 0 Å². The molecule has 3 nitrogen and oxygen atoms in total. The first-order valence-electron chi connectivity index (χ1n) is 4.33. The smallest absolute Gasteiger partial charge is 0.184 e. The number of hydrogen-bond donors (Lipinski definition) is 1. The van der Waals surface area contributed by atoms with E-state index in [4.69, 9.17) is 14.6 Å². The molecule has 13 heavy (non-hydrogen) atoms. The van der Waals surface area contributed by atoms with E-state index in [1.54, 1.807) is 0 Å². The van der Waals surface area contributed by atoms with Gasteiger partial charge in [-0.2, -0.15) is 0 Å². The van der Waals surface area contributed by atoms with Crippen LogP contribution in [0, 0.1) is 0 Å². The molecule has 0 saturated carbocycles. The molecule has 1 aliphatic rings. The number of benzene rings is 1. The van der Waals surface area contributed by atoms with Gasteiger partial charge in [0.05, 0.1) is 19.8 Å². The Morgan fingerprint density at radius 2 is 2.08 bits per heavy atom. The van der Waals surface area contributed by atoms with E-state index < -0.39 is 0 Å². The highest BCUT2D eigenvalue weighted by molar-refractivity contribution is 5.24. The van der Waals surface area contributed by atoms with Crippen LogP contribution >= 0.6 is 0 Å². The molecule has 2 rings (SSSR count). The molecule has 0 unspecified atom stereocenters. The van der Waals surface area contributed by atoms with Crippen LogP contribution in [0.15, 0.2) is 24.3 Å². The standard InChI is InChI=1S/C10H12O3/c11-7-8-2-1-3-9(6-8)10-12-4-5-13-10/h1-3,6,10-11H,4-5,7H2. The summed E-state index contributed by atoms with van der Waals surface area (Å²) in [5, 5.41) is 8.92. The lowest BCUT2D eigenvalue weighted by Gasteiger charge is -2.09. The monoisotopic (exact) mass is 180 g/mol. The molecule has 1 aromatic carbocycles. The molecular formula is C10H12O3. The zero-order valence-corrected chi connectivity index (χ0v) is 7.27. The first kappa shape index (κ1) is 8.69. The second-order valence-corrected chi connectivity index (χ2v) is 2.98. The first-order valence-corrected chi connectivity index (χ1v) is 4.33. The highest BCUT2D eigenvalue weighted by Gasteiger charge is 2.17. The van der Waals surface area contributed by atoms with Crippen LogP contribution in [-0.2, 0) is 16.1 Å². The van der Waals surface area contributed by atoms with Crippen LogP contribution < -0.4 is 0 Å². The minimum atomic E-state index is -0.244. The van der Waals surface area contributed by atoms with Gasteiger partial charge in [-0.3, -0.25) is 0 Å². The predicted octanol–water partition coefficient (Wildman–Crippen LogP) is 1.22. The van der Waals surface area contributed by atoms with Gasteiger partial charge in [-0.25, -0.2) is 0 Å². The van der Waals surface area contributed by atoms with Gasteiger partial charge < -0.3 is 14.6 Å². The van der Waals surface area contributed by atoms with Gasteiger partial charge in [0.2, 0.25) is 0 Å². The molecule has 3 heteroatoms. The van der Waals surface area contributed by atoms with Gasteiger partial charge in [0.1, 0.15) is 0 Å². The molecule has 1 heterocycles. The van der Waals surface area contributed by atoms with Crippen molar-refractivity contribution in [1.29, 1.82) is 0 Å². The molecule has 0 spiro atoms. The summed E-state index contributed by atoms with van der Waals surface area (Å²) in [5.74, 6) is 0. The van der Waals surface area contributed by atoms with Crippen LogP contribution in [-0.4, -0.2) is 18.3 Å². The highest BCUT2D eigenvalue weighted by atomic mass is 16.7. The summed E-state index contributed by atoms with van der Waals surface area (Å²) in [6.45, 7) is 1.35. The first-order chi connectivity index (χ1) is 6.40. The maximum atomic E-state index is 8.92. The van der Waals surface area contributed by atoms with Crippen LogP contribution in [0.4, 0.5) is 0 Å². The summed E-state index contributed by atoms with van der Waals surface area (Å²) in [7, 11) is 0. The minimum Gasteiger partial charge on any atom is -0.392 e. The average Bonchev–Trinajstić information content (AvgIpc) is 2.71. The largest absolute Gasteiger partial charge is 0.392 e. The number of aliphatic hydroxyl groups is 1. The molecule has 70 valence electrons. The lowest BCUT2D eigenvalue weighted by atomic mass is 10.1. The van der Waals surface area contributed by atoms with Gasteiger partial charge in [0.15, 0.2) is 6.29 Å². The van der Waals surface area contributed by atoms with Gasteiger partial charge in [0.25, 0.3) is 0 Å². The molecule has 0 amide bonds. The molecule has 0 atom stereocenters. The van der Waals surface area contributed by atoms with Crippen molar-refractivity contribution in [3.8, 4) is 0 Å². The van der Waals surface area contributed by atoms with Crippen LogP contribution in [0.3, 0.4) is 0 Å². The Morgan fingerprint density at radius 3 is 2.77 bits per heavy atom. The SMILES string of the molecule is OCc1cccc(C2OCCO2)c1. The van der Waals surface area contributed by atoms with Crippen LogP contribution in [0.5, 0.6) is 0 Å². The van der Waals surface area contributed by atoms with E-state index >= 15 is 0 Å². The Morgan fingerprint density at radius 1 is 1.31 bits per heavy atom. The van der Waals surface area contributed by atoms with E-state index in [2.05, 4.69) is 0 Å². The van der Waals surface area contributed by atoms with E-state index in [1.165, 1.54) is 0 Å². The molecule has 1 aliphatic heterocycles. The summed E-state index contributed by atoms with van der Waals surface area (Å²) in [6, 6.07) is 7.61. The molecule has 1 N–H and O–H groups in total. The lowest BCUT2D eigenvalue weighted by Crippen LogP contribution is -1.98. The quantitative estimate of drug-likeness (QED) is 0.743. The Hall–Kier alpha value is -0.900. The Kier molecular flexibility index (Phi) is 2.59. The second-order valence-electron chi connectivity index (χ2n) is 2.98. The average molecular weight is 180 g/mol. The van der Waals surface area contributed by atoms with Crippen molar-refractivity contribution < 1.29 is 14.6 Å². The van der Waals surface area contributed by atoms with Crippen molar-refractivity contribution >= 4 is 0 Å². The molecule has 0 aromatic heterocycles. The molecule has 1 fully saturated rings. The van der Waals surface area contributed by atoms with Gasteiger partial charge in [-0.1, -0.05) is 18.2 Å². The normalized spacial score (nSPS) is 17.9. The maximum absolute atomic E-state index is 8.92. The van der Waals surface area contributed by atoms with Crippen molar-refractivity contribution in [1.82, 2.24) is 0 Å². The molecule has 0 bridgehead atoms. The number of hydrogen-bond acceptors (Lipinski definition) is 3. The molecular weight excluding hydrogens is 168 g/mol. The van der Waals surface area contributed by atoms with E-state index in [1.807, 2.05) is 24.3 Å². The van der Waals surface area contributed by atoms with Crippen molar-refractivity contribution in [2.45, 2.75) is 12.9 Å². The minimum absolute atomic E-state index is 0.0561. The molecule has 0 radical (unpaired) electrons. The summed E-state index contributed by atoms with van der Waals surface area (Å²) >= 11 is 0. The molecule has 1 saturated heterocycles. The van der Waals surface area contributed by atoms with Crippen LogP contribution in [0.1, 0.15) is 17.4 Å². The third-order valence-corrected chi connectivity index (χ3v) is 2.03. The van der Waals surface area contributed by atoms with E-state index in [0.717, 1.165) is 11.1 Å². The third-order valence-electron chi connectivity index (χ3n) is 2.03. The van der Waals surface area contributed by atoms with Gasteiger partial charge in [0, 0.05) is 5.56 Å². The van der Waals surface area contributed by atoms with E-state index in [9.17, 15) is 0 Å². The fourth-order valence-electron chi connectivity index (χ4n) is 1.39. The Bertz CT molecular complexity index is 279. The van der Waals surface area contributed by atoms with E-state index in [-0.39, 0.29) is 12.9 Å². The topological polar surface area (TPSA) is 38.7 Å². The number of rotatable bonds is 2. The number of aliphatic hydroxyl groups excluding tert-OH is 1. The predicted molar refractivity (Wildman–Crippen MR) is 47.0 cm³/mol. The highest BCUT2D eigenvalue weighted by Crippen LogP contribution is 2.23. The Labute approximate surface area is 76.9 Å². The fraction of sp³-hybridized carbons (Fsp3) is 0.400. The zero-order chi connectivity index (χ0) is 9.10. The Balaban J connectivity index is 2.18. The summed E-state index contributed by atoms with van der Waals surface area (Å²) in [5.41, 5.74) is 1.86. The summed E-state index contributed by atoms with van der Waals surface area (Å²) < 4.78 is 10.7. The van der Waals surface area contributed by atoms with Crippen LogP contribution in [0.2, 0.25) is 0 Å². The lowest BCUT2D eigenvalue weighted by molar-refractivity contribution is -0.0441. The molecule has 0 aliphatic carbocycles. The van der Waals surface area contributed by atoms with Crippen LogP contribution in [0.25, 0.3) is 0 Å². The third kappa shape index (κ3) is 1.88. The summed E-state index contributed by atoms with van der Waals surface area (Å²) in [4.78, 5) is 0. The van der Waals surface area contributed by atoms with Crippen molar-refractivity contribution in [2.24, 2.45) is 0 Å². The van der Waals surface area contributed by atoms with Gasteiger partial charge in [-0.05, 0) is 11.6 Å². The van der Waals surface area contributed by atoms with Gasteiger partial charge in [-0.15, -0.1) is 0 Å². The van der Waals surface area contributed by atoms with Crippen molar-refractivity contribution in [3.05, 3.63) is 35.4 Å². The fourth-order valence-corrected chi connectivity index (χ4v) is 1.39. The van der Waals surface area contributed by atoms with E-state index in [0.29, 0.717) is 13.2 Å². The summed E-state index contributed by atoms with van der Waals surface area (Å²) in [6.07, 6.45) is -0.244. The molecule has 1 aromatic rings. The van der Waals surface area contributed by atoms with Crippen molar-refractivity contribution in [2.75, 3.05) is 13.2 Å². The maximum Gasteiger partial charge on any atom is 0.184 e. The zero-order valence-electron chi connectivity index (χ0n) is 7.27. The van der Waals surface area contributed by atoms with Gasteiger partial charge >= 0.3 is 0 Å².